The molecule has 3 rings (SSSR count). The maximum absolute atomic E-state index is 11.2. The molecule has 0 spiro atoms. The molecule has 2 amide bonds. The van der Waals surface area contributed by atoms with Crippen LogP contribution in [0.25, 0.3) is 0 Å². The van der Waals surface area contributed by atoms with E-state index in [0.29, 0.717) is 10.0 Å². The Hall–Kier alpha value is -1.71. The Morgan fingerprint density at radius 1 is 1.05 bits per heavy atom. The minimum atomic E-state index is -0.493. The first-order chi connectivity index (χ1) is 10.6. The smallest absolute Gasteiger partial charge is 0.312 e. The number of amides is 2. The number of carbonyl (C=O) groups excluding carboxylic acids is 1. The molecule has 0 aromatic heterocycles. The second-order valence-corrected chi connectivity index (χ2v) is 6.31. The van der Waals surface area contributed by atoms with E-state index in [-0.39, 0.29) is 12.0 Å². The second kappa shape index (κ2) is 6.19. The van der Waals surface area contributed by atoms with Crippen molar-refractivity contribution in [2.45, 2.75) is 24.8 Å². The van der Waals surface area contributed by atoms with Crippen molar-refractivity contribution in [3.63, 3.8) is 0 Å². The first-order valence-electron chi connectivity index (χ1n) is 7.16. The number of benzene rings is 2. The summed E-state index contributed by atoms with van der Waals surface area (Å²) in [6.07, 6.45) is 1.75. The van der Waals surface area contributed by atoms with Gasteiger partial charge in [-0.3, -0.25) is 0 Å². The molecule has 0 bridgehead atoms. The SMILES string of the molecule is NC(=O)N[C@H]1CC[C@@H](c2ccc(Cl)c(Cl)c2)c2ccccc21. The zero-order valence-electron chi connectivity index (χ0n) is 11.9. The van der Waals surface area contributed by atoms with Gasteiger partial charge < -0.3 is 11.1 Å². The first kappa shape index (κ1) is 15.2. The lowest BCUT2D eigenvalue weighted by atomic mass is 9.77. The highest BCUT2D eigenvalue weighted by molar-refractivity contribution is 6.42. The Bertz CT molecular complexity index is 718. The van der Waals surface area contributed by atoms with Crippen molar-refractivity contribution < 1.29 is 4.79 Å². The van der Waals surface area contributed by atoms with Crippen LogP contribution in [0, 0.1) is 0 Å². The quantitative estimate of drug-likeness (QED) is 0.826. The van der Waals surface area contributed by atoms with E-state index in [9.17, 15) is 4.79 Å². The lowest BCUT2D eigenvalue weighted by Gasteiger charge is -2.32. The standard InChI is InChI=1S/C17H16Cl2N2O/c18-14-7-5-10(9-15(14)19)11-6-8-16(21-17(20)22)13-4-2-1-3-12(11)13/h1-5,7,9,11,16H,6,8H2,(H3,20,21,22)/t11-,16-/m0/s1. The van der Waals surface area contributed by atoms with E-state index in [1.165, 1.54) is 5.56 Å². The normalized spacial score (nSPS) is 20.3. The number of nitrogens with two attached hydrogens (primary N) is 1. The van der Waals surface area contributed by atoms with Gasteiger partial charge in [-0.1, -0.05) is 53.5 Å². The fourth-order valence-electron chi connectivity index (χ4n) is 3.19. The molecule has 0 aliphatic heterocycles. The molecule has 0 radical (unpaired) electrons. The van der Waals surface area contributed by atoms with Gasteiger partial charge in [0, 0.05) is 5.92 Å². The topological polar surface area (TPSA) is 55.1 Å². The summed E-state index contributed by atoms with van der Waals surface area (Å²) in [5.41, 5.74) is 8.73. The molecule has 1 aliphatic rings. The third-order valence-corrected chi connectivity index (χ3v) is 4.89. The molecule has 2 atom stereocenters. The van der Waals surface area contributed by atoms with E-state index in [1.54, 1.807) is 0 Å². The van der Waals surface area contributed by atoms with Gasteiger partial charge in [-0.15, -0.1) is 0 Å². The summed E-state index contributed by atoms with van der Waals surface area (Å²) < 4.78 is 0. The maximum Gasteiger partial charge on any atom is 0.312 e. The molecule has 2 aromatic carbocycles. The van der Waals surface area contributed by atoms with Crippen molar-refractivity contribution in [3.05, 3.63) is 69.2 Å². The first-order valence-corrected chi connectivity index (χ1v) is 7.91. The van der Waals surface area contributed by atoms with Crippen LogP contribution < -0.4 is 11.1 Å². The van der Waals surface area contributed by atoms with Crippen molar-refractivity contribution in [1.82, 2.24) is 5.32 Å². The zero-order chi connectivity index (χ0) is 15.7. The van der Waals surface area contributed by atoms with E-state index in [0.717, 1.165) is 24.0 Å². The summed E-state index contributed by atoms with van der Waals surface area (Å²) in [5.74, 6) is 0.247. The number of hydrogen-bond acceptors (Lipinski definition) is 1. The summed E-state index contributed by atoms with van der Waals surface area (Å²) in [6.45, 7) is 0. The van der Waals surface area contributed by atoms with Gasteiger partial charge in [0.2, 0.25) is 0 Å². The number of carbonyl (C=O) groups is 1. The summed E-state index contributed by atoms with van der Waals surface area (Å²) in [4.78, 5) is 11.2. The molecular weight excluding hydrogens is 319 g/mol. The molecule has 0 saturated heterocycles. The molecule has 3 N–H and O–H groups in total. The van der Waals surface area contributed by atoms with Crippen LogP contribution >= 0.6 is 23.2 Å². The largest absolute Gasteiger partial charge is 0.352 e. The summed E-state index contributed by atoms with van der Waals surface area (Å²) in [7, 11) is 0. The number of fused-ring (bicyclic) bond motifs is 1. The van der Waals surface area contributed by atoms with Gasteiger partial charge in [-0.05, 0) is 41.7 Å². The van der Waals surface area contributed by atoms with Crippen molar-refractivity contribution in [3.8, 4) is 0 Å². The molecule has 0 saturated carbocycles. The molecule has 5 heteroatoms. The van der Waals surface area contributed by atoms with E-state index in [1.807, 2.05) is 36.4 Å². The molecule has 0 fully saturated rings. The van der Waals surface area contributed by atoms with E-state index >= 15 is 0 Å². The van der Waals surface area contributed by atoms with Gasteiger partial charge in [0.1, 0.15) is 0 Å². The van der Waals surface area contributed by atoms with Crippen LogP contribution in [-0.4, -0.2) is 6.03 Å². The molecule has 3 nitrogen and oxygen atoms in total. The number of hydrogen-bond donors (Lipinski definition) is 2. The average molecular weight is 335 g/mol. The number of halogens is 2. The predicted molar refractivity (Wildman–Crippen MR) is 89.4 cm³/mol. The van der Waals surface area contributed by atoms with Crippen LogP contribution in [0.3, 0.4) is 0 Å². The summed E-state index contributed by atoms with van der Waals surface area (Å²) in [5, 5.41) is 3.94. The lowest BCUT2D eigenvalue weighted by molar-refractivity contribution is 0.243. The van der Waals surface area contributed by atoms with Crippen molar-refractivity contribution in [2.24, 2.45) is 5.73 Å². The molecule has 1 aliphatic carbocycles. The zero-order valence-corrected chi connectivity index (χ0v) is 13.4. The number of rotatable bonds is 2. The number of urea groups is 1. The third-order valence-electron chi connectivity index (χ3n) is 4.15. The van der Waals surface area contributed by atoms with Gasteiger partial charge in [-0.2, -0.15) is 0 Å². The van der Waals surface area contributed by atoms with Crippen molar-refractivity contribution in [1.29, 1.82) is 0 Å². The van der Waals surface area contributed by atoms with Gasteiger partial charge in [0.05, 0.1) is 16.1 Å². The average Bonchev–Trinajstić information content (AvgIpc) is 2.50. The predicted octanol–water partition coefficient (Wildman–Crippen LogP) is 4.63. The fraction of sp³-hybridized carbons (Fsp3) is 0.235. The van der Waals surface area contributed by atoms with Crippen LogP contribution in [0.5, 0.6) is 0 Å². The monoisotopic (exact) mass is 334 g/mol. The van der Waals surface area contributed by atoms with Crippen LogP contribution in [0.1, 0.15) is 41.5 Å². The fourth-order valence-corrected chi connectivity index (χ4v) is 3.49. The third kappa shape index (κ3) is 2.92. The molecule has 114 valence electrons. The minimum Gasteiger partial charge on any atom is -0.352 e. The Morgan fingerprint density at radius 3 is 2.45 bits per heavy atom. The molecule has 22 heavy (non-hydrogen) atoms. The van der Waals surface area contributed by atoms with E-state index < -0.39 is 6.03 Å². The van der Waals surface area contributed by atoms with Crippen LogP contribution in [0.2, 0.25) is 10.0 Å². The van der Waals surface area contributed by atoms with Crippen LogP contribution in [0.4, 0.5) is 4.79 Å². The van der Waals surface area contributed by atoms with Crippen LogP contribution in [-0.2, 0) is 0 Å². The maximum atomic E-state index is 11.2. The molecule has 0 unspecified atom stereocenters. The highest BCUT2D eigenvalue weighted by atomic mass is 35.5. The van der Waals surface area contributed by atoms with Gasteiger partial charge in [-0.25, -0.2) is 4.79 Å². The number of nitrogens with one attached hydrogen (secondary N) is 1. The van der Waals surface area contributed by atoms with E-state index in [4.69, 9.17) is 28.9 Å². The highest BCUT2D eigenvalue weighted by Crippen LogP contribution is 2.42. The van der Waals surface area contributed by atoms with Crippen molar-refractivity contribution in [2.75, 3.05) is 0 Å². The van der Waals surface area contributed by atoms with E-state index in [2.05, 4.69) is 11.4 Å². The van der Waals surface area contributed by atoms with Crippen molar-refractivity contribution >= 4 is 29.2 Å². The van der Waals surface area contributed by atoms with Gasteiger partial charge >= 0.3 is 6.03 Å². The summed E-state index contributed by atoms with van der Waals surface area (Å²) >= 11 is 12.2. The Balaban J connectivity index is 2.00. The Labute approximate surface area is 139 Å². The minimum absolute atomic E-state index is 0.0345. The number of primary amides is 1. The van der Waals surface area contributed by atoms with Gasteiger partial charge in [0.15, 0.2) is 0 Å². The molecule has 0 heterocycles. The molecular formula is C17H16Cl2N2O. The van der Waals surface area contributed by atoms with Crippen LogP contribution in [0.15, 0.2) is 42.5 Å². The van der Waals surface area contributed by atoms with Gasteiger partial charge in [0.25, 0.3) is 0 Å². The summed E-state index contributed by atoms with van der Waals surface area (Å²) in [6, 6.07) is 13.4. The molecule has 2 aromatic rings. The lowest BCUT2D eigenvalue weighted by Crippen LogP contribution is -2.35. The Kier molecular flexibility index (Phi) is 4.27. The Morgan fingerprint density at radius 2 is 1.77 bits per heavy atom. The second-order valence-electron chi connectivity index (χ2n) is 5.49. The highest BCUT2D eigenvalue weighted by Gasteiger charge is 2.28.